The molecule has 0 aliphatic carbocycles. The summed E-state index contributed by atoms with van der Waals surface area (Å²) in [5.41, 5.74) is 2.45. The topological polar surface area (TPSA) is 75.6 Å². The van der Waals surface area contributed by atoms with Crippen molar-refractivity contribution in [3.63, 3.8) is 0 Å². The van der Waals surface area contributed by atoms with E-state index < -0.39 is 0 Å². The Morgan fingerprint density at radius 3 is 2.63 bits per heavy atom. The largest absolute Gasteiger partial charge is 0.459 e. The zero-order chi connectivity index (χ0) is 18.7. The fourth-order valence-corrected chi connectivity index (χ4v) is 2.66. The number of rotatable bonds is 5. The van der Waals surface area contributed by atoms with Crippen LogP contribution in [0.5, 0.6) is 0 Å². The Bertz CT molecular complexity index is 929. The van der Waals surface area contributed by atoms with E-state index in [0.29, 0.717) is 36.3 Å². The molecule has 27 heavy (non-hydrogen) atoms. The minimum Gasteiger partial charge on any atom is -0.459 e. The van der Waals surface area contributed by atoms with Gasteiger partial charge in [-0.25, -0.2) is 14.4 Å². The van der Waals surface area contributed by atoms with Crippen LogP contribution in [0.25, 0.3) is 11.0 Å². The number of aromatic nitrogens is 1. The molecule has 8 heteroatoms. The predicted molar refractivity (Wildman–Crippen MR) is 114 cm³/mol. The number of aliphatic imine (C=N–C) groups is 1. The molecule has 0 spiro atoms. The molecule has 3 rings (SSSR count). The molecule has 0 amide bonds. The van der Waals surface area contributed by atoms with Gasteiger partial charge in [-0.15, -0.1) is 24.0 Å². The monoisotopic (exact) mass is 486 g/mol. The van der Waals surface area contributed by atoms with Crippen LogP contribution in [0, 0.1) is 26.6 Å². The van der Waals surface area contributed by atoms with Crippen LogP contribution < -0.4 is 10.6 Å². The lowest BCUT2D eigenvalue weighted by molar-refractivity contribution is 0.463. The van der Waals surface area contributed by atoms with Gasteiger partial charge in [-0.1, -0.05) is 0 Å². The second-order valence-corrected chi connectivity index (χ2v) is 6.09. The van der Waals surface area contributed by atoms with Gasteiger partial charge in [0, 0.05) is 17.5 Å². The van der Waals surface area contributed by atoms with E-state index in [0.717, 1.165) is 28.9 Å². The standard InChI is InChI=1S/C19H23FN4O2.HI/c1-5-21-19(23-10-18-24-12(3)13(4)25-18)22-9-17-11(2)15-8-14(20)6-7-16(15)26-17;/h6-8H,5,9-10H2,1-4H3,(H2,21,22,23);1H. The van der Waals surface area contributed by atoms with Gasteiger partial charge in [-0.05, 0) is 45.9 Å². The Morgan fingerprint density at radius 1 is 1.19 bits per heavy atom. The number of guanidine groups is 1. The van der Waals surface area contributed by atoms with Gasteiger partial charge in [0.1, 0.15) is 29.5 Å². The maximum absolute atomic E-state index is 13.4. The number of benzene rings is 1. The summed E-state index contributed by atoms with van der Waals surface area (Å²) in [4.78, 5) is 8.89. The van der Waals surface area contributed by atoms with Gasteiger partial charge in [0.05, 0.1) is 12.2 Å². The first kappa shape index (κ1) is 21.2. The molecule has 0 atom stereocenters. The van der Waals surface area contributed by atoms with Crippen molar-refractivity contribution in [1.29, 1.82) is 0 Å². The summed E-state index contributed by atoms with van der Waals surface area (Å²) in [5, 5.41) is 7.14. The molecule has 0 radical (unpaired) electrons. The number of furan rings is 1. The van der Waals surface area contributed by atoms with Crippen molar-refractivity contribution in [2.24, 2.45) is 4.99 Å². The van der Waals surface area contributed by atoms with Crippen molar-refractivity contribution in [3.05, 3.63) is 52.7 Å². The first-order valence-electron chi connectivity index (χ1n) is 8.60. The normalized spacial score (nSPS) is 11.5. The van der Waals surface area contributed by atoms with Crippen molar-refractivity contribution in [1.82, 2.24) is 15.6 Å². The van der Waals surface area contributed by atoms with Gasteiger partial charge < -0.3 is 19.5 Å². The summed E-state index contributed by atoms with van der Waals surface area (Å²) in [6, 6.07) is 4.52. The van der Waals surface area contributed by atoms with E-state index in [1.165, 1.54) is 12.1 Å². The van der Waals surface area contributed by atoms with Gasteiger partial charge in [0.15, 0.2) is 5.96 Å². The average molecular weight is 486 g/mol. The lowest BCUT2D eigenvalue weighted by atomic mass is 10.1. The number of halogens is 2. The third-order valence-corrected chi connectivity index (χ3v) is 4.20. The summed E-state index contributed by atoms with van der Waals surface area (Å²) in [7, 11) is 0. The summed E-state index contributed by atoms with van der Waals surface area (Å²) in [5.74, 6) is 2.50. The number of nitrogens with zero attached hydrogens (tertiary/aromatic N) is 2. The van der Waals surface area contributed by atoms with E-state index >= 15 is 0 Å². The van der Waals surface area contributed by atoms with Crippen LogP contribution in [0.3, 0.4) is 0 Å². The Kier molecular flexibility index (Phi) is 7.23. The molecule has 2 aromatic heterocycles. The lowest BCUT2D eigenvalue weighted by Gasteiger charge is -2.09. The van der Waals surface area contributed by atoms with Gasteiger partial charge in [0.25, 0.3) is 0 Å². The second kappa shape index (κ2) is 9.20. The third-order valence-electron chi connectivity index (χ3n) is 4.20. The summed E-state index contributed by atoms with van der Waals surface area (Å²) in [6.45, 7) is 9.21. The van der Waals surface area contributed by atoms with Gasteiger partial charge in [0.2, 0.25) is 5.89 Å². The van der Waals surface area contributed by atoms with Crippen LogP contribution in [0.4, 0.5) is 4.39 Å². The number of oxazole rings is 1. The van der Waals surface area contributed by atoms with Crippen molar-refractivity contribution in [2.75, 3.05) is 6.54 Å². The maximum atomic E-state index is 13.4. The summed E-state index contributed by atoms with van der Waals surface area (Å²) in [6.07, 6.45) is 0. The zero-order valence-electron chi connectivity index (χ0n) is 15.9. The predicted octanol–water partition coefficient (Wildman–Crippen LogP) is 4.36. The average Bonchev–Trinajstić information content (AvgIpc) is 3.10. The number of nitrogens with one attached hydrogen (secondary N) is 2. The molecule has 146 valence electrons. The van der Waals surface area contributed by atoms with E-state index in [-0.39, 0.29) is 29.8 Å². The molecule has 0 unspecified atom stereocenters. The van der Waals surface area contributed by atoms with E-state index in [1.54, 1.807) is 6.07 Å². The van der Waals surface area contributed by atoms with Crippen LogP contribution >= 0.6 is 24.0 Å². The highest BCUT2D eigenvalue weighted by Crippen LogP contribution is 2.26. The molecule has 0 fully saturated rings. The SMILES string of the molecule is CCNC(=NCc1oc2ccc(F)cc2c1C)NCc1nc(C)c(C)o1.I. The molecule has 0 aliphatic rings. The number of hydrogen-bond donors (Lipinski definition) is 2. The van der Waals surface area contributed by atoms with E-state index in [4.69, 9.17) is 8.83 Å². The molecule has 0 aliphatic heterocycles. The molecule has 3 aromatic rings. The first-order valence-corrected chi connectivity index (χ1v) is 8.60. The van der Waals surface area contributed by atoms with Gasteiger partial charge in [-0.2, -0.15) is 0 Å². The van der Waals surface area contributed by atoms with Crippen LogP contribution in [0.2, 0.25) is 0 Å². The Labute approximate surface area is 174 Å². The molecule has 1 aromatic carbocycles. The molecule has 6 nitrogen and oxygen atoms in total. The van der Waals surface area contributed by atoms with Crippen LogP contribution in [-0.4, -0.2) is 17.5 Å². The first-order chi connectivity index (χ1) is 12.5. The Balaban J connectivity index is 0.00000261. The number of fused-ring (bicyclic) bond motifs is 1. The second-order valence-electron chi connectivity index (χ2n) is 6.09. The summed E-state index contributed by atoms with van der Waals surface area (Å²) >= 11 is 0. The van der Waals surface area contributed by atoms with E-state index in [9.17, 15) is 4.39 Å². The fourth-order valence-electron chi connectivity index (χ4n) is 2.66. The maximum Gasteiger partial charge on any atom is 0.214 e. The Morgan fingerprint density at radius 2 is 1.96 bits per heavy atom. The molecular formula is C19H24FIN4O2. The van der Waals surface area contributed by atoms with Crippen LogP contribution in [-0.2, 0) is 13.1 Å². The minimum atomic E-state index is -0.275. The van der Waals surface area contributed by atoms with E-state index in [1.807, 2.05) is 27.7 Å². The molecule has 0 bridgehead atoms. The summed E-state index contributed by atoms with van der Waals surface area (Å²) < 4.78 is 24.8. The lowest BCUT2D eigenvalue weighted by Crippen LogP contribution is -2.36. The van der Waals surface area contributed by atoms with Gasteiger partial charge >= 0.3 is 0 Å². The molecule has 2 heterocycles. The van der Waals surface area contributed by atoms with Crippen LogP contribution in [0.15, 0.2) is 32.0 Å². The highest BCUT2D eigenvalue weighted by molar-refractivity contribution is 14.0. The zero-order valence-corrected chi connectivity index (χ0v) is 18.2. The molecule has 2 N–H and O–H groups in total. The highest BCUT2D eigenvalue weighted by Gasteiger charge is 2.11. The Hall–Kier alpha value is -2.10. The molecular weight excluding hydrogens is 462 g/mol. The van der Waals surface area contributed by atoms with Crippen LogP contribution in [0.1, 0.15) is 35.6 Å². The molecule has 0 saturated carbocycles. The van der Waals surface area contributed by atoms with Crippen molar-refractivity contribution in [2.45, 2.75) is 40.8 Å². The third kappa shape index (κ3) is 5.00. The van der Waals surface area contributed by atoms with E-state index in [2.05, 4.69) is 20.6 Å². The van der Waals surface area contributed by atoms with Gasteiger partial charge in [-0.3, -0.25) is 0 Å². The molecule has 0 saturated heterocycles. The highest BCUT2D eigenvalue weighted by atomic mass is 127. The minimum absolute atomic E-state index is 0. The number of aryl methyl sites for hydroxylation is 3. The van der Waals surface area contributed by atoms with Crippen molar-refractivity contribution in [3.8, 4) is 0 Å². The van der Waals surface area contributed by atoms with Crippen molar-refractivity contribution < 1.29 is 13.2 Å². The fraction of sp³-hybridized carbons (Fsp3) is 0.368. The number of hydrogen-bond acceptors (Lipinski definition) is 4. The quantitative estimate of drug-likeness (QED) is 0.319. The smallest absolute Gasteiger partial charge is 0.214 e. The van der Waals surface area contributed by atoms with Crippen molar-refractivity contribution >= 4 is 40.9 Å².